The lowest BCUT2D eigenvalue weighted by Gasteiger charge is -2.06. The minimum absolute atomic E-state index is 0.237. The summed E-state index contributed by atoms with van der Waals surface area (Å²) in [5.41, 5.74) is 2.12. The van der Waals surface area contributed by atoms with Gasteiger partial charge in [-0.2, -0.15) is 0 Å². The van der Waals surface area contributed by atoms with Crippen LogP contribution in [0.3, 0.4) is 0 Å². The van der Waals surface area contributed by atoms with Crippen molar-refractivity contribution in [3.63, 3.8) is 0 Å². The molecule has 0 spiro atoms. The number of ether oxygens (including phenoxy) is 1. The van der Waals surface area contributed by atoms with Gasteiger partial charge in [0.15, 0.2) is 5.76 Å². The topological polar surface area (TPSA) is 77.2 Å². The predicted molar refractivity (Wildman–Crippen MR) is 104 cm³/mol. The van der Waals surface area contributed by atoms with E-state index >= 15 is 0 Å². The van der Waals surface area contributed by atoms with Crippen molar-refractivity contribution in [2.45, 2.75) is 6.54 Å². The fourth-order valence-electron chi connectivity index (χ4n) is 2.59. The Bertz CT molecular complexity index is 1050. The monoisotopic (exact) mass is 371 g/mol. The molecule has 2 aromatic heterocycles. The summed E-state index contributed by atoms with van der Waals surface area (Å²) in [7, 11) is 0. The SMILES string of the molecule is O=C(NCc1cc(-c2ccccc2)no1)c1ccc(Oc2ccccc2)nc1. The van der Waals surface area contributed by atoms with Gasteiger partial charge in [-0.05, 0) is 18.2 Å². The highest BCUT2D eigenvalue weighted by Crippen LogP contribution is 2.19. The van der Waals surface area contributed by atoms with Crippen LogP contribution in [0, 0.1) is 0 Å². The molecule has 0 atom stereocenters. The molecule has 2 heterocycles. The zero-order valence-electron chi connectivity index (χ0n) is 14.9. The van der Waals surface area contributed by atoms with Gasteiger partial charge in [0.2, 0.25) is 5.88 Å². The Labute approximate surface area is 161 Å². The number of hydrogen-bond donors (Lipinski definition) is 1. The summed E-state index contributed by atoms with van der Waals surface area (Å²) in [5.74, 6) is 1.43. The molecule has 0 fully saturated rings. The molecule has 4 aromatic rings. The van der Waals surface area contributed by atoms with E-state index in [1.54, 1.807) is 12.1 Å². The minimum atomic E-state index is -0.253. The lowest BCUT2D eigenvalue weighted by molar-refractivity contribution is 0.0946. The molecular formula is C22H17N3O3. The Balaban J connectivity index is 1.34. The van der Waals surface area contributed by atoms with Gasteiger partial charge in [0, 0.05) is 23.9 Å². The summed E-state index contributed by atoms with van der Waals surface area (Å²) < 4.78 is 10.9. The van der Waals surface area contributed by atoms with Crippen LogP contribution in [0.4, 0.5) is 0 Å². The quantitative estimate of drug-likeness (QED) is 0.541. The van der Waals surface area contributed by atoms with E-state index < -0.39 is 0 Å². The number of benzene rings is 2. The zero-order chi connectivity index (χ0) is 19.2. The maximum atomic E-state index is 12.3. The van der Waals surface area contributed by atoms with Crippen LogP contribution >= 0.6 is 0 Å². The van der Waals surface area contributed by atoms with E-state index in [0.29, 0.717) is 23.0 Å². The molecule has 0 unspecified atom stereocenters. The Hall–Kier alpha value is -3.93. The van der Waals surface area contributed by atoms with Gasteiger partial charge >= 0.3 is 0 Å². The molecule has 6 heteroatoms. The molecule has 138 valence electrons. The number of rotatable bonds is 6. The van der Waals surface area contributed by atoms with Crippen molar-refractivity contribution in [2.24, 2.45) is 0 Å². The average Bonchev–Trinajstić information content (AvgIpc) is 3.23. The molecule has 6 nitrogen and oxygen atoms in total. The number of amides is 1. The average molecular weight is 371 g/mol. The first-order valence-electron chi connectivity index (χ1n) is 8.76. The largest absolute Gasteiger partial charge is 0.439 e. The normalized spacial score (nSPS) is 10.4. The Morgan fingerprint density at radius 3 is 2.43 bits per heavy atom. The second kappa shape index (κ2) is 8.18. The number of para-hydroxylation sites is 1. The van der Waals surface area contributed by atoms with Crippen molar-refractivity contribution in [3.05, 3.63) is 96.4 Å². The smallest absolute Gasteiger partial charge is 0.253 e. The highest BCUT2D eigenvalue weighted by Gasteiger charge is 2.10. The Kier molecular flexibility index (Phi) is 5.11. The fourth-order valence-corrected chi connectivity index (χ4v) is 2.59. The summed E-state index contributed by atoms with van der Waals surface area (Å²) in [6, 6.07) is 24.2. The maximum absolute atomic E-state index is 12.3. The number of pyridine rings is 1. The van der Waals surface area contributed by atoms with E-state index in [0.717, 1.165) is 11.3 Å². The molecular weight excluding hydrogens is 354 g/mol. The number of aromatic nitrogens is 2. The molecule has 1 amide bonds. The van der Waals surface area contributed by atoms with Crippen molar-refractivity contribution < 1.29 is 14.1 Å². The summed E-state index contributed by atoms with van der Waals surface area (Å²) in [6.45, 7) is 0.237. The summed E-state index contributed by atoms with van der Waals surface area (Å²) in [6.07, 6.45) is 1.48. The van der Waals surface area contributed by atoms with E-state index in [2.05, 4.69) is 15.5 Å². The molecule has 0 saturated heterocycles. The van der Waals surface area contributed by atoms with Gasteiger partial charge in [0.25, 0.3) is 5.91 Å². The van der Waals surface area contributed by atoms with Crippen LogP contribution in [-0.2, 0) is 6.54 Å². The van der Waals surface area contributed by atoms with Crippen LogP contribution in [0.2, 0.25) is 0 Å². The molecule has 1 N–H and O–H groups in total. The van der Waals surface area contributed by atoms with Crippen LogP contribution in [0.5, 0.6) is 11.6 Å². The third-order valence-corrected chi connectivity index (χ3v) is 4.02. The van der Waals surface area contributed by atoms with Crippen molar-refractivity contribution in [1.29, 1.82) is 0 Å². The van der Waals surface area contributed by atoms with E-state index in [1.165, 1.54) is 6.20 Å². The highest BCUT2D eigenvalue weighted by molar-refractivity contribution is 5.93. The number of carbonyl (C=O) groups is 1. The fraction of sp³-hybridized carbons (Fsp3) is 0.0455. The molecule has 0 bridgehead atoms. The number of nitrogens with zero attached hydrogens (tertiary/aromatic N) is 2. The summed E-state index contributed by atoms with van der Waals surface area (Å²) >= 11 is 0. The van der Waals surface area contributed by atoms with E-state index in [1.807, 2.05) is 66.7 Å². The molecule has 4 rings (SSSR count). The number of hydrogen-bond acceptors (Lipinski definition) is 5. The number of carbonyl (C=O) groups excluding carboxylic acids is 1. The van der Waals surface area contributed by atoms with Crippen LogP contribution in [-0.4, -0.2) is 16.0 Å². The minimum Gasteiger partial charge on any atom is -0.439 e. The second-order valence-corrected chi connectivity index (χ2v) is 6.03. The second-order valence-electron chi connectivity index (χ2n) is 6.03. The molecule has 0 saturated carbocycles. The first-order valence-corrected chi connectivity index (χ1v) is 8.76. The van der Waals surface area contributed by atoms with Crippen molar-refractivity contribution in [2.75, 3.05) is 0 Å². The molecule has 0 aliphatic carbocycles. The zero-order valence-corrected chi connectivity index (χ0v) is 14.9. The van der Waals surface area contributed by atoms with Crippen molar-refractivity contribution in [3.8, 4) is 22.9 Å². The van der Waals surface area contributed by atoms with Gasteiger partial charge in [-0.1, -0.05) is 53.7 Å². The van der Waals surface area contributed by atoms with E-state index in [4.69, 9.17) is 9.26 Å². The first-order chi connectivity index (χ1) is 13.8. The van der Waals surface area contributed by atoms with E-state index in [9.17, 15) is 4.79 Å². The molecule has 28 heavy (non-hydrogen) atoms. The molecule has 0 aliphatic heterocycles. The first kappa shape index (κ1) is 17.5. The summed E-state index contributed by atoms with van der Waals surface area (Å²) in [4.78, 5) is 16.5. The third-order valence-electron chi connectivity index (χ3n) is 4.02. The predicted octanol–water partition coefficient (Wildman–Crippen LogP) is 4.46. The van der Waals surface area contributed by atoms with Crippen LogP contribution in [0.1, 0.15) is 16.1 Å². The number of nitrogens with one attached hydrogen (secondary N) is 1. The van der Waals surface area contributed by atoms with Gasteiger partial charge in [-0.3, -0.25) is 4.79 Å². The Morgan fingerprint density at radius 1 is 0.964 bits per heavy atom. The lowest BCUT2D eigenvalue weighted by atomic mass is 10.1. The molecule has 0 aliphatic rings. The summed E-state index contributed by atoms with van der Waals surface area (Å²) in [5, 5.41) is 6.83. The van der Waals surface area contributed by atoms with Gasteiger partial charge in [-0.25, -0.2) is 4.98 Å². The van der Waals surface area contributed by atoms with Crippen molar-refractivity contribution >= 4 is 5.91 Å². The van der Waals surface area contributed by atoms with Crippen LogP contribution in [0.15, 0.2) is 89.6 Å². The van der Waals surface area contributed by atoms with Gasteiger partial charge in [0.1, 0.15) is 11.4 Å². The lowest BCUT2D eigenvalue weighted by Crippen LogP contribution is -2.22. The highest BCUT2D eigenvalue weighted by atomic mass is 16.5. The van der Waals surface area contributed by atoms with Crippen LogP contribution in [0.25, 0.3) is 11.3 Å². The Morgan fingerprint density at radius 2 is 1.71 bits per heavy atom. The van der Waals surface area contributed by atoms with Crippen molar-refractivity contribution in [1.82, 2.24) is 15.5 Å². The van der Waals surface area contributed by atoms with Gasteiger partial charge in [-0.15, -0.1) is 0 Å². The standard InChI is InChI=1S/C22H17N3O3/c26-22(17-11-12-21(23-14-17)27-18-9-5-2-6-10-18)24-15-19-13-20(25-28-19)16-7-3-1-4-8-16/h1-14H,15H2,(H,24,26). The van der Waals surface area contributed by atoms with Gasteiger partial charge in [0.05, 0.1) is 12.1 Å². The van der Waals surface area contributed by atoms with Crippen LogP contribution < -0.4 is 10.1 Å². The third kappa shape index (κ3) is 4.24. The molecule has 2 aromatic carbocycles. The maximum Gasteiger partial charge on any atom is 0.253 e. The van der Waals surface area contributed by atoms with E-state index in [-0.39, 0.29) is 12.5 Å². The molecule has 0 radical (unpaired) electrons. The van der Waals surface area contributed by atoms with Gasteiger partial charge < -0.3 is 14.6 Å².